The molecule has 42 heavy (non-hydrogen) atoms. The number of piperazine rings is 1. The maximum atomic E-state index is 12.5. The van der Waals surface area contributed by atoms with Crippen LogP contribution in [0.25, 0.3) is 16.7 Å². The maximum absolute atomic E-state index is 12.5. The van der Waals surface area contributed by atoms with E-state index in [-0.39, 0.29) is 11.9 Å². The molecule has 6 rings (SSSR count). The molecule has 1 amide bonds. The molecule has 2 aliphatic rings. The molecule has 4 heterocycles. The van der Waals surface area contributed by atoms with Crippen LogP contribution in [0.4, 0.5) is 23.1 Å². The Morgan fingerprint density at radius 2 is 1.76 bits per heavy atom. The lowest BCUT2D eigenvalue weighted by atomic mass is 10.0. The summed E-state index contributed by atoms with van der Waals surface area (Å²) in [7, 11) is 5.51. The lowest BCUT2D eigenvalue weighted by Crippen LogP contribution is -2.52. The number of rotatable bonds is 7. The predicted molar refractivity (Wildman–Crippen MR) is 167 cm³/mol. The number of fused-ring (bicyclic) bond motifs is 1. The van der Waals surface area contributed by atoms with E-state index in [1.165, 1.54) is 12.8 Å². The average Bonchev–Trinajstić information content (AvgIpc) is 3.45. The van der Waals surface area contributed by atoms with Gasteiger partial charge in [-0.1, -0.05) is 12.1 Å². The van der Waals surface area contributed by atoms with E-state index in [0.29, 0.717) is 28.6 Å². The zero-order valence-corrected chi connectivity index (χ0v) is 24.5. The molecule has 11 heteroatoms. The lowest BCUT2D eigenvalue weighted by Gasteiger charge is -2.42. The molecule has 220 valence electrons. The number of methoxy groups -OCH3 is 1. The van der Waals surface area contributed by atoms with Crippen LogP contribution in [-0.2, 0) is 0 Å². The molecule has 0 bridgehead atoms. The summed E-state index contributed by atoms with van der Waals surface area (Å²) < 4.78 is 7.93. The number of carbonyl (C=O) groups is 1. The molecular weight excluding hydrogens is 530 g/mol. The van der Waals surface area contributed by atoms with Gasteiger partial charge in [0.05, 0.1) is 29.6 Å². The first-order chi connectivity index (χ1) is 20.4. The molecule has 2 aromatic carbocycles. The van der Waals surface area contributed by atoms with E-state index in [4.69, 9.17) is 10.5 Å². The number of benzene rings is 2. The molecule has 4 aromatic rings. The summed E-state index contributed by atoms with van der Waals surface area (Å²) in [4.78, 5) is 29.0. The van der Waals surface area contributed by atoms with Crippen molar-refractivity contribution in [1.29, 1.82) is 0 Å². The molecule has 0 spiro atoms. The number of nitrogens with one attached hydrogen (secondary N) is 2. The molecule has 0 aliphatic carbocycles. The van der Waals surface area contributed by atoms with Crippen molar-refractivity contribution in [2.75, 3.05) is 76.4 Å². The second-order valence-electron chi connectivity index (χ2n) is 11.0. The predicted octanol–water partition coefficient (Wildman–Crippen LogP) is 3.33. The van der Waals surface area contributed by atoms with Gasteiger partial charge in [0.2, 0.25) is 5.95 Å². The Morgan fingerprint density at radius 3 is 2.50 bits per heavy atom. The molecule has 2 aliphatic heterocycles. The number of nitrogens with zero attached hydrogens (tertiary/aromatic N) is 6. The summed E-state index contributed by atoms with van der Waals surface area (Å²) in [5.74, 6) is 1.19. The number of nitrogen functional groups attached to an aromatic ring is 1. The van der Waals surface area contributed by atoms with Crippen LogP contribution < -0.4 is 26.0 Å². The van der Waals surface area contributed by atoms with Crippen molar-refractivity contribution in [3.63, 3.8) is 0 Å². The smallest absolute Gasteiger partial charge is 0.253 e. The topological polar surface area (TPSA) is 117 Å². The fraction of sp³-hybridized carbons (Fsp3) is 0.387. The summed E-state index contributed by atoms with van der Waals surface area (Å²) in [5, 5.41) is 6.02. The van der Waals surface area contributed by atoms with Gasteiger partial charge < -0.3 is 35.5 Å². The van der Waals surface area contributed by atoms with Gasteiger partial charge in [-0.15, -0.1) is 0 Å². The van der Waals surface area contributed by atoms with Gasteiger partial charge in [0.1, 0.15) is 11.3 Å². The van der Waals surface area contributed by atoms with Gasteiger partial charge in [-0.25, -0.2) is 4.98 Å². The average molecular weight is 570 g/mol. The highest BCUT2D eigenvalue weighted by molar-refractivity contribution is 6.01. The third kappa shape index (κ3) is 5.45. The number of para-hydroxylation sites is 1. The number of likely N-dealkylation sites (N-methyl/N-ethyl adjacent to an activating group) is 1. The summed E-state index contributed by atoms with van der Waals surface area (Å²) in [6, 6.07) is 16.2. The first-order valence-corrected chi connectivity index (χ1v) is 14.5. The van der Waals surface area contributed by atoms with E-state index < -0.39 is 0 Å². The van der Waals surface area contributed by atoms with Gasteiger partial charge >= 0.3 is 0 Å². The normalized spacial score (nSPS) is 17.0. The molecule has 4 N–H and O–H groups in total. The molecule has 0 radical (unpaired) electrons. The SMILES string of the molecule is CNC(=O)c1ccccc1Nc1nc(N)nc2ccn(-c3ccc(N4CCC(N5CCN(C)CC5)CC4)cc3OC)c12. The minimum atomic E-state index is -0.198. The van der Waals surface area contributed by atoms with E-state index in [2.05, 4.69) is 60.5 Å². The van der Waals surface area contributed by atoms with Gasteiger partial charge in [0.15, 0.2) is 5.82 Å². The van der Waals surface area contributed by atoms with Gasteiger partial charge in [-0.3, -0.25) is 9.69 Å². The number of amides is 1. The number of hydrogen-bond acceptors (Lipinski definition) is 9. The third-order valence-electron chi connectivity index (χ3n) is 8.51. The zero-order chi connectivity index (χ0) is 29.2. The van der Waals surface area contributed by atoms with Crippen LogP contribution in [0.15, 0.2) is 54.7 Å². The lowest BCUT2D eigenvalue weighted by molar-refractivity contribution is 0.0964. The highest BCUT2D eigenvalue weighted by Crippen LogP contribution is 2.35. The Labute approximate surface area is 246 Å². The quantitative estimate of drug-likeness (QED) is 0.308. The van der Waals surface area contributed by atoms with Crippen molar-refractivity contribution in [2.45, 2.75) is 18.9 Å². The first-order valence-electron chi connectivity index (χ1n) is 14.5. The van der Waals surface area contributed by atoms with E-state index in [1.807, 2.05) is 35.0 Å². The fourth-order valence-corrected chi connectivity index (χ4v) is 6.14. The standard InChI is InChI=1S/C31H39N9O2/c1-33-30(41)23-6-4-5-7-24(23)34-29-28-25(35-31(32)36-29)12-15-40(28)26-9-8-22(20-27(26)42-3)38-13-10-21(11-14-38)39-18-16-37(2)17-19-39/h4-9,12,15,20-21H,10-11,13-14,16-19H2,1-3H3,(H,33,41)(H3,32,34,35,36). The fourth-order valence-electron chi connectivity index (χ4n) is 6.14. The van der Waals surface area contributed by atoms with Crippen molar-refractivity contribution in [1.82, 2.24) is 29.7 Å². The number of ether oxygens (including phenoxy) is 1. The number of piperidine rings is 1. The zero-order valence-electron chi connectivity index (χ0n) is 24.5. The van der Waals surface area contributed by atoms with E-state index >= 15 is 0 Å². The maximum Gasteiger partial charge on any atom is 0.253 e. The van der Waals surface area contributed by atoms with Crippen molar-refractivity contribution in [3.8, 4) is 11.4 Å². The minimum Gasteiger partial charge on any atom is -0.494 e. The molecule has 2 aromatic heterocycles. The summed E-state index contributed by atoms with van der Waals surface area (Å²) in [6.07, 6.45) is 4.27. The number of aromatic nitrogens is 3. The van der Waals surface area contributed by atoms with Crippen molar-refractivity contribution in [3.05, 3.63) is 60.3 Å². The monoisotopic (exact) mass is 569 g/mol. The molecule has 0 saturated carbocycles. The summed E-state index contributed by atoms with van der Waals surface area (Å²) in [5.41, 5.74) is 10.6. The molecule has 2 fully saturated rings. The second kappa shape index (κ2) is 11.9. The molecule has 11 nitrogen and oxygen atoms in total. The Bertz CT molecular complexity index is 1570. The summed E-state index contributed by atoms with van der Waals surface area (Å²) >= 11 is 0. The first kappa shape index (κ1) is 27.8. The van der Waals surface area contributed by atoms with Gasteiger partial charge in [0.25, 0.3) is 5.91 Å². The highest BCUT2D eigenvalue weighted by atomic mass is 16.5. The van der Waals surface area contributed by atoms with Gasteiger partial charge in [-0.2, -0.15) is 4.98 Å². The highest BCUT2D eigenvalue weighted by Gasteiger charge is 2.27. The Morgan fingerprint density at radius 1 is 1.00 bits per heavy atom. The van der Waals surface area contributed by atoms with Crippen molar-refractivity contribution < 1.29 is 9.53 Å². The van der Waals surface area contributed by atoms with Crippen LogP contribution in [0.5, 0.6) is 5.75 Å². The van der Waals surface area contributed by atoms with Gasteiger partial charge in [0, 0.05) is 70.3 Å². The van der Waals surface area contributed by atoms with E-state index in [1.54, 1.807) is 20.2 Å². The Kier molecular flexibility index (Phi) is 7.86. The van der Waals surface area contributed by atoms with Crippen molar-refractivity contribution >= 4 is 40.1 Å². The van der Waals surface area contributed by atoms with E-state index in [9.17, 15) is 4.79 Å². The summed E-state index contributed by atoms with van der Waals surface area (Å²) in [6.45, 7) is 6.69. The van der Waals surface area contributed by atoms with E-state index in [0.717, 1.165) is 61.9 Å². The van der Waals surface area contributed by atoms with Gasteiger partial charge in [-0.05, 0) is 50.2 Å². The largest absolute Gasteiger partial charge is 0.494 e. The molecular formula is C31H39N9O2. The van der Waals surface area contributed by atoms with Crippen LogP contribution in [0.2, 0.25) is 0 Å². The third-order valence-corrected chi connectivity index (χ3v) is 8.51. The Hall–Kier alpha value is -4.35. The number of nitrogens with two attached hydrogens (primary N) is 1. The van der Waals surface area contributed by atoms with Crippen molar-refractivity contribution in [2.24, 2.45) is 0 Å². The molecule has 0 atom stereocenters. The molecule has 0 unspecified atom stereocenters. The van der Waals surface area contributed by atoms with Crippen LogP contribution in [0.3, 0.4) is 0 Å². The molecule has 2 saturated heterocycles. The second-order valence-corrected chi connectivity index (χ2v) is 11.0. The van der Waals surface area contributed by atoms with Crippen LogP contribution in [-0.4, -0.2) is 96.8 Å². The van der Waals surface area contributed by atoms with Crippen LogP contribution in [0.1, 0.15) is 23.2 Å². The Balaban J connectivity index is 1.28. The minimum absolute atomic E-state index is 0.141. The van der Waals surface area contributed by atoms with Crippen LogP contribution >= 0.6 is 0 Å². The number of hydrogen-bond donors (Lipinski definition) is 3. The van der Waals surface area contributed by atoms with Crippen LogP contribution in [0, 0.1) is 0 Å². The number of anilines is 4. The number of carbonyl (C=O) groups excluding carboxylic acids is 1.